The van der Waals surface area contributed by atoms with Crippen molar-refractivity contribution in [2.75, 3.05) is 25.0 Å². The van der Waals surface area contributed by atoms with Crippen LogP contribution in [0.15, 0.2) is 0 Å². The van der Waals surface area contributed by atoms with E-state index in [0.29, 0.717) is 0 Å². The first-order valence-electron chi connectivity index (χ1n) is 3.19. The third-order valence-electron chi connectivity index (χ3n) is 1.59. The smallest absolute Gasteiger partial charge is 0.247 e. The van der Waals surface area contributed by atoms with Crippen molar-refractivity contribution in [3.8, 4) is 0 Å². The molecule has 0 N–H and O–H groups in total. The molecule has 1 fully saturated rings. The molecule has 0 aromatic rings. The lowest BCUT2D eigenvalue weighted by Crippen LogP contribution is -2.42. The van der Waals surface area contributed by atoms with E-state index >= 15 is 0 Å². The molecule has 1 aliphatic rings. The lowest BCUT2D eigenvalue weighted by Gasteiger charge is -2.31. The molecule has 1 heterocycles. The zero-order valence-electron chi connectivity index (χ0n) is 6.13. The maximum absolute atomic E-state index is 10.6. The monoisotopic (exact) mass is 234 g/mol. The maximum atomic E-state index is 10.6. The number of rotatable bonds is 2. The van der Waals surface area contributed by atoms with Crippen molar-refractivity contribution < 1.29 is 16.8 Å². The van der Waals surface area contributed by atoms with E-state index in [1.807, 2.05) is 0 Å². The van der Waals surface area contributed by atoms with Gasteiger partial charge in [0.05, 0.1) is 13.2 Å². The fourth-order valence-corrected chi connectivity index (χ4v) is 2.11. The predicted molar refractivity (Wildman–Crippen MR) is 44.7 cm³/mol. The van der Waals surface area contributed by atoms with Gasteiger partial charge in [-0.3, -0.25) is 0 Å². The summed E-state index contributed by atoms with van der Waals surface area (Å²) >= 11 is 11.2. The minimum absolute atomic E-state index is 0.0116. The summed E-state index contributed by atoms with van der Waals surface area (Å²) < 4.78 is 30.2. The van der Waals surface area contributed by atoms with E-state index in [2.05, 4.69) is 8.37 Å². The van der Waals surface area contributed by atoms with Crippen molar-refractivity contribution in [1.82, 2.24) is 0 Å². The third kappa shape index (κ3) is 2.23. The van der Waals surface area contributed by atoms with Crippen molar-refractivity contribution in [2.24, 2.45) is 5.41 Å². The summed E-state index contributed by atoms with van der Waals surface area (Å²) in [6, 6.07) is 0. The molecular weight excluding hydrogens is 227 g/mol. The van der Waals surface area contributed by atoms with E-state index in [4.69, 9.17) is 23.2 Å². The SMILES string of the molecule is O=S1(=O)OCC(CCl)(CCl)CO1. The van der Waals surface area contributed by atoms with Crippen LogP contribution < -0.4 is 0 Å². The molecule has 0 aromatic carbocycles. The summed E-state index contributed by atoms with van der Waals surface area (Å²) in [6.07, 6.45) is 0. The number of hydrogen-bond acceptors (Lipinski definition) is 4. The average molecular weight is 235 g/mol. The molecule has 0 unspecified atom stereocenters. The Labute approximate surface area is 81.1 Å². The van der Waals surface area contributed by atoms with Crippen LogP contribution in [0.4, 0.5) is 0 Å². The molecule has 7 heteroatoms. The second-order valence-corrected chi connectivity index (χ2v) is 4.52. The Morgan fingerprint density at radius 2 is 1.58 bits per heavy atom. The van der Waals surface area contributed by atoms with Crippen molar-refractivity contribution in [2.45, 2.75) is 0 Å². The average Bonchev–Trinajstić information content (AvgIpc) is 2.06. The fraction of sp³-hybridized carbons (Fsp3) is 1.00. The minimum atomic E-state index is -3.79. The molecule has 0 aromatic heterocycles. The van der Waals surface area contributed by atoms with Crippen LogP contribution in [0, 0.1) is 5.41 Å². The molecule has 1 saturated heterocycles. The van der Waals surface area contributed by atoms with E-state index < -0.39 is 15.8 Å². The maximum Gasteiger partial charge on any atom is 0.399 e. The molecule has 0 amide bonds. The molecule has 0 spiro atoms. The van der Waals surface area contributed by atoms with Crippen molar-refractivity contribution in [3.05, 3.63) is 0 Å². The van der Waals surface area contributed by atoms with Gasteiger partial charge in [0.2, 0.25) is 0 Å². The topological polar surface area (TPSA) is 52.6 Å². The van der Waals surface area contributed by atoms with Crippen LogP contribution in [0.5, 0.6) is 0 Å². The van der Waals surface area contributed by atoms with Gasteiger partial charge in [-0.15, -0.1) is 23.2 Å². The number of halogens is 2. The normalized spacial score (nSPS) is 26.8. The van der Waals surface area contributed by atoms with Gasteiger partial charge in [0.15, 0.2) is 0 Å². The Morgan fingerprint density at radius 1 is 1.17 bits per heavy atom. The summed E-state index contributed by atoms with van der Waals surface area (Å²) in [4.78, 5) is 0. The Kier molecular flexibility index (Phi) is 3.22. The second kappa shape index (κ2) is 3.67. The summed E-state index contributed by atoms with van der Waals surface area (Å²) in [5.74, 6) is 0.429. The van der Waals surface area contributed by atoms with Crippen LogP contribution >= 0.6 is 23.2 Å². The highest BCUT2D eigenvalue weighted by Gasteiger charge is 2.38. The van der Waals surface area contributed by atoms with E-state index in [-0.39, 0.29) is 25.0 Å². The molecule has 1 aliphatic heterocycles. The van der Waals surface area contributed by atoms with Crippen LogP contribution in [-0.4, -0.2) is 33.4 Å². The van der Waals surface area contributed by atoms with Gasteiger partial charge in [-0.2, -0.15) is 8.42 Å². The van der Waals surface area contributed by atoms with Crippen LogP contribution in [0.3, 0.4) is 0 Å². The summed E-state index contributed by atoms with van der Waals surface area (Å²) in [6.45, 7) is -0.0231. The number of hydrogen-bond donors (Lipinski definition) is 0. The van der Waals surface area contributed by atoms with E-state index in [9.17, 15) is 8.42 Å². The van der Waals surface area contributed by atoms with E-state index in [0.717, 1.165) is 0 Å². The molecule has 0 saturated carbocycles. The quantitative estimate of drug-likeness (QED) is 0.662. The van der Waals surface area contributed by atoms with Crippen molar-refractivity contribution >= 4 is 33.6 Å². The van der Waals surface area contributed by atoms with Crippen LogP contribution in [0.1, 0.15) is 0 Å². The van der Waals surface area contributed by atoms with Gasteiger partial charge in [-0.05, 0) is 0 Å². The molecule has 0 atom stereocenters. The molecule has 1 rings (SSSR count). The first-order chi connectivity index (χ1) is 5.54. The molecule has 12 heavy (non-hydrogen) atoms. The summed E-state index contributed by atoms with van der Waals surface area (Å²) in [5, 5.41) is 0. The highest BCUT2D eigenvalue weighted by molar-refractivity contribution is 7.81. The van der Waals surface area contributed by atoms with Crippen LogP contribution in [0.2, 0.25) is 0 Å². The highest BCUT2D eigenvalue weighted by Crippen LogP contribution is 2.28. The second-order valence-electron chi connectivity index (χ2n) is 2.70. The Hall–Kier alpha value is 0.450. The van der Waals surface area contributed by atoms with Gasteiger partial charge >= 0.3 is 10.4 Å². The summed E-state index contributed by atoms with van der Waals surface area (Å²) in [7, 11) is -3.79. The molecule has 0 bridgehead atoms. The largest absolute Gasteiger partial charge is 0.399 e. The van der Waals surface area contributed by atoms with Gasteiger partial charge < -0.3 is 0 Å². The fourth-order valence-electron chi connectivity index (χ4n) is 0.660. The van der Waals surface area contributed by atoms with Crippen LogP contribution in [-0.2, 0) is 18.8 Å². The molecule has 0 radical (unpaired) electrons. The first kappa shape index (κ1) is 10.5. The predicted octanol–water partition coefficient (Wildman–Crippen LogP) is 0.742. The lowest BCUT2D eigenvalue weighted by molar-refractivity contribution is 0.0547. The van der Waals surface area contributed by atoms with Gasteiger partial charge in [0, 0.05) is 17.2 Å². The Morgan fingerprint density at radius 3 is 1.92 bits per heavy atom. The molecule has 72 valence electrons. The van der Waals surface area contributed by atoms with E-state index in [1.54, 1.807) is 0 Å². The zero-order valence-corrected chi connectivity index (χ0v) is 8.45. The minimum Gasteiger partial charge on any atom is -0.247 e. The van der Waals surface area contributed by atoms with Crippen molar-refractivity contribution in [3.63, 3.8) is 0 Å². The first-order valence-corrected chi connectivity index (χ1v) is 5.60. The third-order valence-corrected chi connectivity index (χ3v) is 3.53. The van der Waals surface area contributed by atoms with Crippen LogP contribution in [0.25, 0.3) is 0 Å². The summed E-state index contributed by atoms with van der Waals surface area (Å²) in [5.41, 5.74) is -0.575. The van der Waals surface area contributed by atoms with Gasteiger partial charge in [-0.25, -0.2) is 8.37 Å². The molecule has 4 nitrogen and oxygen atoms in total. The van der Waals surface area contributed by atoms with Crippen molar-refractivity contribution in [1.29, 1.82) is 0 Å². The molecular formula is C5H8Cl2O4S. The highest BCUT2D eigenvalue weighted by atomic mass is 35.5. The number of alkyl halides is 2. The van der Waals surface area contributed by atoms with Gasteiger partial charge in [-0.1, -0.05) is 0 Å². The van der Waals surface area contributed by atoms with Gasteiger partial charge in [0.1, 0.15) is 0 Å². The van der Waals surface area contributed by atoms with Gasteiger partial charge in [0.25, 0.3) is 0 Å². The Bertz CT molecular complexity index is 230. The molecule has 0 aliphatic carbocycles. The van der Waals surface area contributed by atoms with E-state index in [1.165, 1.54) is 0 Å². The zero-order chi connectivity index (χ0) is 9.24. The lowest BCUT2D eigenvalue weighted by atomic mass is 9.96. The Balaban J connectivity index is 2.66. The standard InChI is InChI=1S/C5H8Cl2O4S/c6-1-5(2-7)3-10-12(8,9)11-4-5/h1-4H2.